The van der Waals surface area contributed by atoms with E-state index in [1.807, 2.05) is 0 Å². The van der Waals surface area contributed by atoms with Gasteiger partial charge in [0.15, 0.2) is 0 Å². The molecular weight excluding hydrogens is 342 g/mol. The van der Waals surface area contributed by atoms with E-state index in [9.17, 15) is 24.6 Å². The lowest BCUT2D eigenvalue weighted by atomic mass is 10.1. The Bertz CT molecular complexity index is 708. The number of carbonyl (C=O) groups excluding carboxylic acids is 3. The number of amides is 1. The van der Waals surface area contributed by atoms with E-state index >= 15 is 0 Å². The summed E-state index contributed by atoms with van der Waals surface area (Å²) in [5, 5.41) is 21.8. The minimum Gasteiger partial charge on any atom is -0.550 e. The number of hydrogen-bond donors (Lipinski definition) is 0. The summed E-state index contributed by atoms with van der Waals surface area (Å²) >= 11 is 5.95. The van der Waals surface area contributed by atoms with Gasteiger partial charge >= 0.3 is 0 Å². The molecule has 0 radical (unpaired) electrons. The summed E-state index contributed by atoms with van der Waals surface area (Å²) in [6.45, 7) is 1.74. The molecule has 0 N–H and O–H groups in total. The number of carbonyl (C=O) groups is 3. The smallest absolute Gasteiger partial charge is 0.266 e. The molecular formula is C14H11NO6S2-2. The number of aliphatic carboxylic acids is 2. The Morgan fingerprint density at radius 1 is 1.43 bits per heavy atom. The fourth-order valence-electron chi connectivity index (χ4n) is 2.02. The minimum atomic E-state index is -1.57. The Morgan fingerprint density at radius 3 is 2.65 bits per heavy atom. The van der Waals surface area contributed by atoms with Gasteiger partial charge in [0.25, 0.3) is 5.91 Å². The van der Waals surface area contributed by atoms with E-state index in [0.29, 0.717) is 11.5 Å². The molecule has 0 saturated carbocycles. The molecule has 122 valence electrons. The Morgan fingerprint density at radius 2 is 2.13 bits per heavy atom. The molecule has 23 heavy (non-hydrogen) atoms. The third kappa shape index (κ3) is 3.99. The maximum absolute atomic E-state index is 12.4. The molecule has 2 heterocycles. The average Bonchev–Trinajstić information content (AvgIpc) is 2.96. The number of thiocarbonyl (C=S) groups is 1. The number of thioether (sulfide) groups is 1. The fourth-order valence-corrected chi connectivity index (χ4v) is 3.35. The van der Waals surface area contributed by atoms with Crippen molar-refractivity contribution in [3.63, 3.8) is 0 Å². The van der Waals surface area contributed by atoms with Crippen LogP contribution in [0.1, 0.15) is 24.4 Å². The van der Waals surface area contributed by atoms with E-state index in [0.717, 1.165) is 16.7 Å². The maximum atomic E-state index is 12.4. The molecule has 1 aliphatic heterocycles. The summed E-state index contributed by atoms with van der Waals surface area (Å²) in [7, 11) is 0. The summed E-state index contributed by atoms with van der Waals surface area (Å²) in [5.74, 6) is -2.52. The van der Waals surface area contributed by atoms with Crippen LogP contribution >= 0.6 is 24.0 Å². The Kier molecular flexibility index (Phi) is 5.22. The van der Waals surface area contributed by atoms with Crippen molar-refractivity contribution >= 4 is 52.2 Å². The van der Waals surface area contributed by atoms with Crippen LogP contribution in [0.4, 0.5) is 0 Å². The molecule has 1 amide bonds. The zero-order chi connectivity index (χ0) is 17.1. The fraction of sp³-hybridized carbons (Fsp3) is 0.286. The standard InChI is InChI=1S/C14H13NO6S2/c1-7-2-3-8(21-7)6-10-12(18)15(14(22)23-10)9(13(19)20)4-5-11(16)17/h2-3,6,9H,4-5H2,1H3,(H,16,17)(H,19,20)/p-2/b10-6+/t9-/m1/s1. The zero-order valence-corrected chi connectivity index (χ0v) is 13.6. The van der Waals surface area contributed by atoms with E-state index in [-0.39, 0.29) is 15.6 Å². The Labute approximate surface area is 140 Å². The van der Waals surface area contributed by atoms with Crippen molar-refractivity contribution in [1.29, 1.82) is 0 Å². The first-order valence-corrected chi connectivity index (χ1v) is 7.76. The van der Waals surface area contributed by atoms with Gasteiger partial charge in [-0.3, -0.25) is 9.69 Å². The number of carboxylic acids is 2. The predicted octanol–water partition coefficient (Wildman–Crippen LogP) is -0.562. The molecule has 0 bridgehead atoms. The van der Waals surface area contributed by atoms with E-state index in [1.165, 1.54) is 6.08 Å². The molecule has 1 atom stereocenters. The highest BCUT2D eigenvalue weighted by Crippen LogP contribution is 2.34. The molecule has 2 rings (SSSR count). The highest BCUT2D eigenvalue weighted by Gasteiger charge is 2.37. The SMILES string of the molecule is Cc1ccc(/C=C2/SC(=S)N([C@H](CCC(=O)[O-])C(=O)[O-])C2=O)o1. The summed E-state index contributed by atoms with van der Waals surface area (Å²) in [4.78, 5) is 35.2. The molecule has 1 aromatic rings. The molecule has 1 aromatic heterocycles. The van der Waals surface area contributed by atoms with Gasteiger partial charge in [0.1, 0.15) is 15.8 Å². The van der Waals surface area contributed by atoms with E-state index in [1.54, 1.807) is 19.1 Å². The molecule has 7 nitrogen and oxygen atoms in total. The zero-order valence-electron chi connectivity index (χ0n) is 11.9. The van der Waals surface area contributed by atoms with Crippen molar-refractivity contribution in [2.75, 3.05) is 0 Å². The topological polar surface area (TPSA) is 114 Å². The lowest BCUT2D eigenvalue weighted by molar-refractivity contribution is -0.311. The second kappa shape index (κ2) is 6.97. The second-order valence-corrected chi connectivity index (χ2v) is 6.42. The third-order valence-corrected chi connectivity index (χ3v) is 4.39. The van der Waals surface area contributed by atoms with Crippen LogP contribution in [-0.2, 0) is 14.4 Å². The number of hydrogen-bond acceptors (Lipinski definition) is 8. The van der Waals surface area contributed by atoms with Crippen LogP contribution in [0, 0.1) is 6.92 Å². The number of nitrogens with zero attached hydrogens (tertiary/aromatic N) is 1. The van der Waals surface area contributed by atoms with Gasteiger partial charge in [-0.2, -0.15) is 0 Å². The van der Waals surface area contributed by atoms with Crippen molar-refractivity contribution in [1.82, 2.24) is 4.90 Å². The number of rotatable bonds is 6. The number of aryl methyl sites for hydroxylation is 1. The largest absolute Gasteiger partial charge is 0.550 e. The van der Waals surface area contributed by atoms with Crippen LogP contribution in [-0.4, -0.2) is 33.1 Å². The predicted molar refractivity (Wildman–Crippen MR) is 81.5 cm³/mol. The molecule has 0 spiro atoms. The monoisotopic (exact) mass is 353 g/mol. The van der Waals surface area contributed by atoms with Crippen LogP contribution in [0.5, 0.6) is 0 Å². The van der Waals surface area contributed by atoms with Gasteiger partial charge in [0.05, 0.1) is 16.9 Å². The molecule has 0 aliphatic carbocycles. The minimum absolute atomic E-state index is 0.0251. The lowest BCUT2D eigenvalue weighted by Gasteiger charge is -2.27. The summed E-state index contributed by atoms with van der Waals surface area (Å²) in [5.41, 5.74) is 0. The van der Waals surface area contributed by atoms with Crippen LogP contribution in [0.15, 0.2) is 21.5 Å². The van der Waals surface area contributed by atoms with Crippen LogP contribution in [0.2, 0.25) is 0 Å². The average molecular weight is 353 g/mol. The van der Waals surface area contributed by atoms with Gasteiger partial charge < -0.3 is 24.2 Å². The van der Waals surface area contributed by atoms with E-state index in [4.69, 9.17) is 16.6 Å². The molecule has 0 unspecified atom stereocenters. The van der Waals surface area contributed by atoms with Crippen molar-refractivity contribution in [2.24, 2.45) is 0 Å². The summed E-state index contributed by atoms with van der Waals surface area (Å²) < 4.78 is 5.36. The maximum Gasteiger partial charge on any atom is 0.266 e. The van der Waals surface area contributed by atoms with Crippen molar-refractivity contribution in [3.8, 4) is 0 Å². The second-order valence-electron chi connectivity index (χ2n) is 4.75. The van der Waals surface area contributed by atoms with Crippen molar-refractivity contribution in [3.05, 3.63) is 28.6 Å². The van der Waals surface area contributed by atoms with Gasteiger partial charge in [0, 0.05) is 12.0 Å². The molecule has 1 fully saturated rings. The molecule has 0 aromatic carbocycles. The molecule has 9 heteroatoms. The number of carboxylic acid groups (broad SMARTS) is 2. The van der Waals surface area contributed by atoms with Crippen LogP contribution < -0.4 is 10.2 Å². The van der Waals surface area contributed by atoms with Gasteiger partial charge in [-0.25, -0.2) is 0 Å². The highest BCUT2D eigenvalue weighted by molar-refractivity contribution is 8.26. The summed E-state index contributed by atoms with van der Waals surface area (Å²) in [6.07, 6.45) is 0.591. The van der Waals surface area contributed by atoms with Gasteiger partial charge in [-0.15, -0.1) is 0 Å². The van der Waals surface area contributed by atoms with Crippen molar-refractivity contribution < 1.29 is 29.0 Å². The van der Waals surface area contributed by atoms with Gasteiger partial charge in [0.2, 0.25) is 0 Å². The van der Waals surface area contributed by atoms with Crippen LogP contribution in [0.3, 0.4) is 0 Å². The van der Waals surface area contributed by atoms with E-state index in [2.05, 4.69) is 0 Å². The third-order valence-electron chi connectivity index (χ3n) is 3.06. The van der Waals surface area contributed by atoms with E-state index < -0.39 is 30.3 Å². The Hall–Kier alpha value is -2.13. The van der Waals surface area contributed by atoms with Gasteiger partial charge in [-0.05, 0) is 31.9 Å². The first kappa shape index (κ1) is 17.2. The van der Waals surface area contributed by atoms with Crippen LogP contribution in [0.25, 0.3) is 6.08 Å². The van der Waals surface area contributed by atoms with Gasteiger partial charge in [-0.1, -0.05) is 24.0 Å². The first-order chi connectivity index (χ1) is 10.8. The molecule has 1 aliphatic rings. The lowest BCUT2D eigenvalue weighted by Crippen LogP contribution is -2.50. The first-order valence-electron chi connectivity index (χ1n) is 6.54. The quantitative estimate of drug-likeness (QED) is 0.494. The number of furan rings is 1. The van der Waals surface area contributed by atoms with Crippen molar-refractivity contribution in [2.45, 2.75) is 25.8 Å². The highest BCUT2D eigenvalue weighted by atomic mass is 32.2. The summed E-state index contributed by atoms with van der Waals surface area (Å²) in [6, 6.07) is 1.93. The Balaban J connectivity index is 2.24. The molecule has 1 saturated heterocycles. The normalized spacial score (nSPS) is 17.8.